The van der Waals surface area contributed by atoms with E-state index in [1.807, 2.05) is 18.2 Å². The van der Waals surface area contributed by atoms with Crippen LogP contribution in [0.3, 0.4) is 0 Å². The molecule has 1 aromatic carbocycles. The van der Waals surface area contributed by atoms with Gasteiger partial charge in [-0.1, -0.05) is 20.8 Å². The summed E-state index contributed by atoms with van der Waals surface area (Å²) in [6, 6.07) is 7.63. The van der Waals surface area contributed by atoms with Gasteiger partial charge < -0.3 is 24.8 Å². The number of morpholine rings is 1. The first-order chi connectivity index (χ1) is 18.3. The molecular formula is C29H41N5O4. The summed E-state index contributed by atoms with van der Waals surface area (Å²) in [6.07, 6.45) is 5.40. The van der Waals surface area contributed by atoms with Crippen LogP contribution in [0.2, 0.25) is 0 Å². The molecule has 3 fully saturated rings. The fourth-order valence-electron chi connectivity index (χ4n) is 6.48. The van der Waals surface area contributed by atoms with Crippen molar-refractivity contribution in [1.82, 2.24) is 20.2 Å². The number of nitrogens with one attached hydrogen (secondary N) is 2. The van der Waals surface area contributed by atoms with Crippen LogP contribution in [0.25, 0.3) is 0 Å². The van der Waals surface area contributed by atoms with Crippen molar-refractivity contribution in [3.8, 4) is 11.5 Å². The topological polar surface area (TPSA) is 97.8 Å². The molecule has 9 heteroatoms. The van der Waals surface area contributed by atoms with Gasteiger partial charge in [-0.25, -0.2) is 9.97 Å². The predicted octanol–water partition coefficient (Wildman–Crippen LogP) is 3.81. The smallest absolute Gasteiger partial charge is 0.227 e. The van der Waals surface area contributed by atoms with Crippen molar-refractivity contribution in [1.29, 1.82) is 0 Å². The number of nitrogens with zero attached hydrogens (tertiary/aromatic N) is 3. The van der Waals surface area contributed by atoms with E-state index in [1.54, 1.807) is 19.4 Å². The molecule has 0 spiro atoms. The van der Waals surface area contributed by atoms with Gasteiger partial charge in [-0.05, 0) is 54.2 Å². The second kappa shape index (κ2) is 11.1. The van der Waals surface area contributed by atoms with Crippen LogP contribution in [0, 0.1) is 16.7 Å². The molecule has 9 nitrogen and oxygen atoms in total. The summed E-state index contributed by atoms with van der Waals surface area (Å²) >= 11 is 0. The van der Waals surface area contributed by atoms with Gasteiger partial charge in [-0.3, -0.25) is 9.69 Å². The van der Waals surface area contributed by atoms with Crippen molar-refractivity contribution < 1.29 is 19.0 Å². The third-order valence-corrected chi connectivity index (χ3v) is 9.39. The van der Waals surface area contributed by atoms with Crippen LogP contribution < -0.4 is 20.1 Å². The number of amides is 1. The van der Waals surface area contributed by atoms with E-state index in [2.05, 4.69) is 46.3 Å². The molecule has 38 heavy (non-hydrogen) atoms. The van der Waals surface area contributed by atoms with E-state index in [0.29, 0.717) is 41.4 Å². The van der Waals surface area contributed by atoms with E-state index >= 15 is 0 Å². The summed E-state index contributed by atoms with van der Waals surface area (Å²) in [6.45, 7) is 11.8. The van der Waals surface area contributed by atoms with E-state index in [1.165, 1.54) is 12.8 Å². The number of methoxy groups -OCH3 is 1. The van der Waals surface area contributed by atoms with Crippen LogP contribution in [0.15, 0.2) is 30.5 Å². The summed E-state index contributed by atoms with van der Waals surface area (Å²) < 4.78 is 17.0. The highest BCUT2D eigenvalue weighted by Crippen LogP contribution is 2.65. The number of hydrogen-bond acceptors (Lipinski definition) is 8. The fraction of sp³-hybridized carbons (Fsp3) is 0.621. The molecule has 2 bridgehead atoms. The second-order valence-electron chi connectivity index (χ2n) is 11.6. The molecule has 206 valence electrons. The SMILES string of the molecule is COc1ccc(OCCN2CCOCC2)c(Nc2nccc(CC(=O)NC3CC4CCC3(C)C4(C)C)n2)c1. The molecule has 5 rings (SSSR count). The lowest BCUT2D eigenvalue weighted by Crippen LogP contribution is -2.47. The molecule has 0 radical (unpaired) electrons. The van der Waals surface area contributed by atoms with Crippen molar-refractivity contribution in [2.75, 3.05) is 51.9 Å². The quantitative estimate of drug-likeness (QED) is 0.485. The predicted molar refractivity (Wildman–Crippen MR) is 146 cm³/mol. The summed E-state index contributed by atoms with van der Waals surface area (Å²) in [4.78, 5) is 24.4. The van der Waals surface area contributed by atoms with Crippen LogP contribution in [-0.2, 0) is 16.0 Å². The summed E-state index contributed by atoms with van der Waals surface area (Å²) in [5, 5.41) is 6.60. The standard InChI is InChI=1S/C29H41N5O4/c1-28(2)20-7-9-29(28,3)25(17-20)33-26(35)18-21-8-10-30-27(31-21)32-23-19-22(36-4)5-6-24(23)38-16-13-34-11-14-37-15-12-34/h5-6,8,10,19-20,25H,7,9,11-18H2,1-4H3,(H,33,35)(H,30,31,32). The Bertz CT molecular complexity index is 1140. The van der Waals surface area contributed by atoms with E-state index in [-0.39, 0.29) is 29.2 Å². The van der Waals surface area contributed by atoms with Crippen LogP contribution in [0.5, 0.6) is 11.5 Å². The van der Waals surface area contributed by atoms with E-state index in [0.717, 1.165) is 39.3 Å². The highest BCUT2D eigenvalue weighted by molar-refractivity contribution is 5.78. The van der Waals surface area contributed by atoms with Gasteiger partial charge >= 0.3 is 0 Å². The van der Waals surface area contributed by atoms with Crippen molar-refractivity contribution in [3.63, 3.8) is 0 Å². The van der Waals surface area contributed by atoms with Crippen LogP contribution >= 0.6 is 0 Å². The molecule has 1 saturated heterocycles. The number of hydrogen-bond donors (Lipinski definition) is 2. The molecule has 2 N–H and O–H groups in total. The molecule has 1 amide bonds. The normalized spacial score (nSPS) is 26.2. The van der Waals surface area contributed by atoms with Gasteiger partial charge in [0.05, 0.1) is 38.1 Å². The van der Waals surface area contributed by atoms with Crippen molar-refractivity contribution >= 4 is 17.5 Å². The summed E-state index contributed by atoms with van der Waals surface area (Å²) in [5.41, 5.74) is 1.79. The Balaban J connectivity index is 1.21. The number of anilines is 2. The molecule has 1 aliphatic heterocycles. The van der Waals surface area contributed by atoms with Gasteiger partial charge in [0.2, 0.25) is 11.9 Å². The molecule has 2 aliphatic carbocycles. The maximum absolute atomic E-state index is 13.0. The minimum Gasteiger partial charge on any atom is -0.497 e. The van der Waals surface area contributed by atoms with Crippen molar-refractivity contribution in [2.45, 2.75) is 52.5 Å². The largest absolute Gasteiger partial charge is 0.497 e. The third-order valence-electron chi connectivity index (χ3n) is 9.39. The average Bonchev–Trinajstić information content (AvgIpc) is 3.24. The number of benzene rings is 1. The lowest BCUT2D eigenvalue weighted by atomic mass is 9.69. The Morgan fingerprint density at radius 3 is 2.74 bits per heavy atom. The van der Waals surface area contributed by atoms with Crippen LogP contribution in [0.4, 0.5) is 11.6 Å². The average molecular weight is 524 g/mol. The first-order valence-corrected chi connectivity index (χ1v) is 13.8. The van der Waals surface area contributed by atoms with Crippen LogP contribution in [0.1, 0.15) is 45.7 Å². The number of rotatable bonds is 10. The number of carbonyl (C=O) groups is 1. The molecular weight excluding hydrogens is 482 g/mol. The molecule has 2 saturated carbocycles. The lowest BCUT2D eigenvalue weighted by molar-refractivity contribution is -0.122. The highest BCUT2D eigenvalue weighted by atomic mass is 16.5. The van der Waals surface area contributed by atoms with E-state index < -0.39 is 0 Å². The Morgan fingerprint density at radius 2 is 2.03 bits per heavy atom. The minimum absolute atomic E-state index is 0.0118. The molecule has 3 atom stereocenters. The number of ether oxygens (including phenoxy) is 3. The zero-order valence-corrected chi connectivity index (χ0v) is 23.1. The zero-order chi connectivity index (χ0) is 26.8. The molecule has 2 aromatic rings. The van der Waals surface area contributed by atoms with Gasteiger partial charge in [0, 0.05) is 37.9 Å². The Morgan fingerprint density at radius 1 is 1.21 bits per heavy atom. The van der Waals surface area contributed by atoms with Crippen molar-refractivity contribution in [3.05, 3.63) is 36.2 Å². The second-order valence-corrected chi connectivity index (χ2v) is 11.6. The maximum atomic E-state index is 13.0. The molecule has 2 heterocycles. The number of fused-ring (bicyclic) bond motifs is 2. The van der Waals surface area contributed by atoms with Crippen molar-refractivity contribution in [2.24, 2.45) is 16.7 Å². The van der Waals surface area contributed by atoms with Gasteiger partial charge in [-0.2, -0.15) is 0 Å². The van der Waals surface area contributed by atoms with E-state index in [4.69, 9.17) is 14.2 Å². The summed E-state index contributed by atoms with van der Waals surface area (Å²) in [7, 11) is 1.63. The number of aromatic nitrogens is 2. The Labute approximate surface area is 225 Å². The summed E-state index contributed by atoms with van der Waals surface area (Å²) in [5.74, 6) is 2.50. The molecule has 3 aliphatic rings. The molecule has 3 unspecified atom stereocenters. The van der Waals surface area contributed by atoms with Gasteiger partial charge in [0.15, 0.2) is 0 Å². The van der Waals surface area contributed by atoms with Crippen LogP contribution in [-0.4, -0.2) is 73.4 Å². The molecule has 1 aromatic heterocycles. The Kier molecular flexibility index (Phi) is 7.77. The Hall–Kier alpha value is -2.91. The zero-order valence-electron chi connectivity index (χ0n) is 23.1. The number of carbonyl (C=O) groups excluding carboxylic acids is 1. The van der Waals surface area contributed by atoms with Gasteiger partial charge in [0.25, 0.3) is 0 Å². The van der Waals surface area contributed by atoms with Gasteiger partial charge in [0.1, 0.15) is 18.1 Å². The monoisotopic (exact) mass is 523 g/mol. The van der Waals surface area contributed by atoms with E-state index in [9.17, 15) is 4.79 Å². The maximum Gasteiger partial charge on any atom is 0.227 e. The highest BCUT2D eigenvalue weighted by Gasteiger charge is 2.61. The third kappa shape index (κ3) is 5.45. The fourth-order valence-corrected chi connectivity index (χ4v) is 6.48. The minimum atomic E-state index is 0.0118. The first kappa shape index (κ1) is 26.7. The first-order valence-electron chi connectivity index (χ1n) is 13.8. The van der Waals surface area contributed by atoms with Gasteiger partial charge in [-0.15, -0.1) is 0 Å². The lowest BCUT2D eigenvalue weighted by Gasteiger charge is -2.39.